The van der Waals surface area contributed by atoms with Crippen LogP contribution in [0.3, 0.4) is 0 Å². The molecule has 7 heteroatoms. The van der Waals surface area contributed by atoms with E-state index < -0.39 is 12.1 Å². The monoisotopic (exact) mass is 295 g/mol. The van der Waals surface area contributed by atoms with Crippen molar-refractivity contribution >= 4 is 22.5 Å². The molecule has 1 heterocycles. The number of methoxy groups -OCH3 is 1. The molecule has 2 amide bonds. The van der Waals surface area contributed by atoms with Gasteiger partial charge in [0.1, 0.15) is 11.6 Å². The number of nitrogens with one attached hydrogen (secondary N) is 2. The fraction of sp³-hybridized carbons (Fsp3) is 0.231. The van der Waals surface area contributed by atoms with Gasteiger partial charge in [0, 0.05) is 17.1 Å². The fourth-order valence-corrected chi connectivity index (χ4v) is 2.26. The van der Waals surface area contributed by atoms with Crippen molar-refractivity contribution in [3.8, 4) is 5.75 Å². The molecule has 2 rings (SSSR count). The molecular formula is C13H14FN3O2S. The molecule has 1 aromatic carbocycles. The Morgan fingerprint density at radius 2 is 2.30 bits per heavy atom. The average molecular weight is 295 g/mol. The molecule has 0 unspecified atom stereocenters. The number of aromatic nitrogens is 1. The fourth-order valence-electron chi connectivity index (χ4n) is 1.74. The first kappa shape index (κ1) is 14.3. The summed E-state index contributed by atoms with van der Waals surface area (Å²) < 4.78 is 18.5. The largest absolute Gasteiger partial charge is 0.496 e. The third kappa shape index (κ3) is 3.45. The minimum Gasteiger partial charge on any atom is -0.496 e. The summed E-state index contributed by atoms with van der Waals surface area (Å²) in [5, 5.41) is 7.56. The molecule has 106 valence electrons. The van der Waals surface area contributed by atoms with Gasteiger partial charge in [-0.25, -0.2) is 14.2 Å². The Bertz CT molecular complexity index is 589. The lowest BCUT2D eigenvalue weighted by Gasteiger charge is -2.17. The van der Waals surface area contributed by atoms with E-state index in [0.29, 0.717) is 16.4 Å². The van der Waals surface area contributed by atoms with Crippen LogP contribution in [0.5, 0.6) is 5.75 Å². The minimum absolute atomic E-state index is 0.380. The Kier molecular flexibility index (Phi) is 4.52. The maximum atomic E-state index is 13.3. The van der Waals surface area contributed by atoms with Crippen molar-refractivity contribution < 1.29 is 13.9 Å². The summed E-state index contributed by atoms with van der Waals surface area (Å²) in [5.74, 6) is 0.142. The zero-order valence-corrected chi connectivity index (χ0v) is 11.8. The standard InChI is InChI=1S/C13H14FN3O2S/c1-8(10-7-9(14)3-4-11(10)19-2)16-12(18)17-13-15-5-6-20-13/h3-8H,1-2H3,(H2,15,16,17,18)/t8-/m0/s1. The summed E-state index contributed by atoms with van der Waals surface area (Å²) in [4.78, 5) is 15.7. The number of hydrogen-bond donors (Lipinski definition) is 2. The Hall–Kier alpha value is -2.15. The van der Waals surface area contributed by atoms with E-state index in [9.17, 15) is 9.18 Å². The van der Waals surface area contributed by atoms with E-state index in [2.05, 4.69) is 15.6 Å². The number of anilines is 1. The van der Waals surface area contributed by atoms with Crippen LogP contribution in [0.4, 0.5) is 14.3 Å². The van der Waals surface area contributed by atoms with E-state index in [1.165, 1.54) is 36.6 Å². The number of rotatable bonds is 4. The highest BCUT2D eigenvalue weighted by atomic mass is 32.1. The van der Waals surface area contributed by atoms with Crippen LogP contribution in [0, 0.1) is 5.82 Å². The molecule has 20 heavy (non-hydrogen) atoms. The number of carbonyl (C=O) groups excluding carboxylic acids is 1. The highest BCUT2D eigenvalue weighted by Crippen LogP contribution is 2.25. The molecule has 0 fully saturated rings. The van der Waals surface area contributed by atoms with E-state index >= 15 is 0 Å². The molecule has 0 radical (unpaired) electrons. The van der Waals surface area contributed by atoms with E-state index in [-0.39, 0.29) is 5.82 Å². The topological polar surface area (TPSA) is 63.2 Å². The van der Waals surface area contributed by atoms with Crippen molar-refractivity contribution in [2.75, 3.05) is 12.4 Å². The number of benzene rings is 1. The van der Waals surface area contributed by atoms with Crippen LogP contribution in [-0.4, -0.2) is 18.1 Å². The van der Waals surface area contributed by atoms with Crippen molar-refractivity contribution in [1.29, 1.82) is 0 Å². The summed E-state index contributed by atoms with van der Waals surface area (Å²) in [7, 11) is 1.50. The molecule has 2 aromatic rings. The summed E-state index contributed by atoms with van der Waals surface area (Å²) in [6.45, 7) is 1.75. The number of amides is 2. The van der Waals surface area contributed by atoms with Gasteiger partial charge in [-0.15, -0.1) is 11.3 Å². The quantitative estimate of drug-likeness (QED) is 0.910. The van der Waals surface area contributed by atoms with Gasteiger partial charge >= 0.3 is 6.03 Å². The predicted molar refractivity (Wildman–Crippen MR) is 75.6 cm³/mol. The van der Waals surface area contributed by atoms with E-state index in [1.807, 2.05) is 0 Å². The molecule has 0 saturated carbocycles. The molecule has 0 aliphatic carbocycles. The van der Waals surface area contributed by atoms with Gasteiger partial charge in [0.05, 0.1) is 13.2 Å². The first-order chi connectivity index (χ1) is 9.60. The van der Waals surface area contributed by atoms with Gasteiger partial charge in [0.25, 0.3) is 0 Å². The van der Waals surface area contributed by atoms with E-state index in [1.54, 1.807) is 18.5 Å². The van der Waals surface area contributed by atoms with E-state index in [0.717, 1.165) is 0 Å². The lowest BCUT2D eigenvalue weighted by atomic mass is 10.1. The van der Waals surface area contributed by atoms with Crippen LogP contribution in [0.2, 0.25) is 0 Å². The predicted octanol–water partition coefficient (Wildman–Crippen LogP) is 3.17. The zero-order chi connectivity index (χ0) is 14.5. The van der Waals surface area contributed by atoms with Gasteiger partial charge in [0.2, 0.25) is 0 Å². The Morgan fingerprint density at radius 1 is 1.50 bits per heavy atom. The van der Waals surface area contributed by atoms with Crippen LogP contribution in [0.15, 0.2) is 29.8 Å². The third-order valence-corrected chi connectivity index (χ3v) is 3.35. The molecule has 0 aliphatic heterocycles. The number of halogens is 1. The molecule has 0 saturated heterocycles. The second-order valence-corrected chi connectivity index (χ2v) is 4.94. The van der Waals surface area contributed by atoms with E-state index in [4.69, 9.17) is 4.74 Å². The third-order valence-electron chi connectivity index (χ3n) is 2.66. The van der Waals surface area contributed by atoms with Gasteiger partial charge in [-0.2, -0.15) is 0 Å². The normalized spacial score (nSPS) is 11.8. The van der Waals surface area contributed by atoms with Gasteiger partial charge in [-0.1, -0.05) is 0 Å². The first-order valence-electron chi connectivity index (χ1n) is 5.90. The molecule has 0 aliphatic rings. The molecule has 1 aromatic heterocycles. The Labute approximate surface area is 119 Å². The highest BCUT2D eigenvalue weighted by Gasteiger charge is 2.15. The molecule has 2 N–H and O–H groups in total. The van der Waals surface area contributed by atoms with Crippen molar-refractivity contribution in [3.05, 3.63) is 41.2 Å². The number of thiazole rings is 1. The van der Waals surface area contributed by atoms with Gasteiger partial charge in [-0.3, -0.25) is 5.32 Å². The molecule has 0 bridgehead atoms. The van der Waals surface area contributed by atoms with Crippen LogP contribution in [0.25, 0.3) is 0 Å². The maximum absolute atomic E-state index is 13.3. The molecular weight excluding hydrogens is 281 g/mol. The Balaban J connectivity index is 2.06. The maximum Gasteiger partial charge on any atom is 0.321 e. The number of ether oxygens (including phenoxy) is 1. The van der Waals surface area contributed by atoms with Crippen molar-refractivity contribution in [2.45, 2.75) is 13.0 Å². The van der Waals surface area contributed by atoms with Gasteiger partial charge < -0.3 is 10.1 Å². The highest BCUT2D eigenvalue weighted by molar-refractivity contribution is 7.13. The summed E-state index contributed by atoms with van der Waals surface area (Å²) in [6.07, 6.45) is 1.60. The number of nitrogens with zero attached hydrogens (tertiary/aromatic N) is 1. The van der Waals surface area contributed by atoms with Crippen molar-refractivity contribution in [2.24, 2.45) is 0 Å². The first-order valence-corrected chi connectivity index (χ1v) is 6.78. The lowest BCUT2D eigenvalue weighted by Crippen LogP contribution is -2.31. The van der Waals surface area contributed by atoms with Crippen LogP contribution in [0.1, 0.15) is 18.5 Å². The van der Waals surface area contributed by atoms with Crippen LogP contribution in [-0.2, 0) is 0 Å². The lowest BCUT2D eigenvalue weighted by molar-refractivity contribution is 0.249. The number of urea groups is 1. The zero-order valence-electron chi connectivity index (χ0n) is 11.0. The van der Waals surface area contributed by atoms with Crippen molar-refractivity contribution in [1.82, 2.24) is 10.3 Å². The van der Waals surface area contributed by atoms with Crippen LogP contribution < -0.4 is 15.4 Å². The number of carbonyl (C=O) groups is 1. The summed E-state index contributed by atoms with van der Waals surface area (Å²) in [5.41, 5.74) is 0.571. The molecule has 5 nitrogen and oxygen atoms in total. The minimum atomic E-state index is -0.404. The van der Waals surface area contributed by atoms with Gasteiger partial charge in [-0.05, 0) is 25.1 Å². The second-order valence-electron chi connectivity index (χ2n) is 4.04. The van der Waals surface area contributed by atoms with Gasteiger partial charge in [0.15, 0.2) is 5.13 Å². The summed E-state index contributed by atoms with van der Waals surface area (Å²) >= 11 is 1.32. The molecule has 1 atom stereocenters. The SMILES string of the molecule is COc1ccc(F)cc1[C@H](C)NC(=O)Nc1nccs1. The van der Waals surface area contributed by atoms with Crippen LogP contribution >= 0.6 is 11.3 Å². The van der Waals surface area contributed by atoms with Crippen molar-refractivity contribution in [3.63, 3.8) is 0 Å². The summed E-state index contributed by atoms with van der Waals surface area (Å²) in [6, 6.07) is 3.37. The average Bonchev–Trinajstić information content (AvgIpc) is 2.91. The second kappa shape index (κ2) is 6.33. The Morgan fingerprint density at radius 3 is 2.95 bits per heavy atom. The molecule has 0 spiro atoms. The smallest absolute Gasteiger partial charge is 0.321 e. The number of hydrogen-bond acceptors (Lipinski definition) is 4.